The van der Waals surface area contributed by atoms with E-state index in [0.29, 0.717) is 0 Å². The van der Waals surface area contributed by atoms with Crippen LogP contribution in [0.2, 0.25) is 0 Å². The average molecular weight is 182 g/mol. The lowest BCUT2D eigenvalue weighted by molar-refractivity contribution is -0.140. The van der Waals surface area contributed by atoms with Gasteiger partial charge in [0, 0.05) is 29.5 Å². The Balaban J connectivity index is 2.47. The number of halogens is 2. The van der Waals surface area contributed by atoms with Crippen molar-refractivity contribution in [1.82, 2.24) is 3.94 Å². The van der Waals surface area contributed by atoms with Crippen molar-refractivity contribution < 1.29 is 9.59 Å². The molecule has 1 saturated carbocycles. The van der Waals surface area contributed by atoms with Crippen LogP contribution >= 0.6 is 23.6 Å². The first kappa shape index (κ1) is 7.82. The van der Waals surface area contributed by atoms with Crippen molar-refractivity contribution in [3.05, 3.63) is 0 Å². The van der Waals surface area contributed by atoms with Gasteiger partial charge in [0.05, 0.1) is 0 Å². The van der Waals surface area contributed by atoms with Crippen LogP contribution in [0.5, 0.6) is 0 Å². The average Bonchev–Trinajstić information content (AvgIpc) is 2.65. The first-order valence-corrected chi connectivity index (χ1v) is 3.50. The van der Waals surface area contributed by atoms with Crippen molar-refractivity contribution in [1.29, 1.82) is 0 Å². The SMILES string of the molecule is O=C(C(=O)N(Cl)Cl)C1CC1. The molecule has 0 radical (unpaired) electrons. The molecule has 0 unspecified atom stereocenters. The molecule has 0 N–H and O–H groups in total. The summed E-state index contributed by atoms with van der Waals surface area (Å²) < 4.78 is 0.278. The van der Waals surface area contributed by atoms with E-state index in [0.717, 1.165) is 12.8 Å². The lowest BCUT2D eigenvalue weighted by atomic mass is 10.2. The zero-order valence-corrected chi connectivity index (χ0v) is 6.52. The van der Waals surface area contributed by atoms with Crippen LogP contribution in [0.25, 0.3) is 0 Å². The van der Waals surface area contributed by atoms with Gasteiger partial charge in [0.1, 0.15) is 0 Å². The third kappa shape index (κ3) is 1.61. The molecular weight excluding hydrogens is 177 g/mol. The number of carbonyl (C=O) groups excluding carboxylic acids is 2. The van der Waals surface area contributed by atoms with Gasteiger partial charge in [0.15, 0.2) is 0 Å². The molecule has 0 heterocycles. The summed E-state index contributed by atoms with van der Waals surface area (Å²) >= 11 is 10.0. The molecule has 1 rings (SSSR count). The molecule has 0 bridgehead atoms. The molecule has 1 amide bonds. The number of ketones is 1. The topological polar surface area (TPSA) is 37.4 Å². The maximum Gasteiger partial charge on any atom is 0.319 e. The molecule has 1 aliphatic rings. The zero-order chi connectivity index (χ0) is 7.72. The zero-order valence-electron chi connectivity index (χ0n) is 5.01. The van der Waals surface area contributed by atoms with Gasteiger partial charge in [-0.15, -0.1) is 0 Å². The smallest absolute Gasteiger partial charge is 0.288 e. The summed E-state index contributed by atoms with van der Waals surface area (Å²) in [5, 5.41) is 0. The number of carbonyl (C=O) groups is 2. The van der Waals surface area contributed by atoms with Crippen molar-refractivity contribution in [3.63, 3.8) is 0 Å². The van der Waals surface area contributed by atoms with Gasteiger partial charge in [0.25, 0.3) is 0 Å². The third-order valence-electron chi connectivity index (χ3n) is 1.31. The number of Topliss-reactive ketones (excluding diaryl/α,β-unsaturated/α-hetero) is 1. The summed E-state index contributed by atoms with van der Waals surface area (Å²) in [5.74, 6) is -1.43. The van der Waals surface area contributed by atoms with Crippen LogP contribution in [0.1, 0.15) is 12.8 Å². The number of hydrogen-bond donors (Lipinski definition) is 0. The van der Waals surface area contributed by atoms with E-state index in [1.165, 1.54) is 0 Å². The van der Waals surface area contributed by atoms with E-state index in [4.69, 9.17) is 23.6 Å². The van der Waals surface area contributed by atoms with Gasteiger partial charge in [0.2, 0.25) is 5.78 Å². The van der Waals surface area contributed by atoms with Crippen LogP contribution in [-0.4, -0.2) is 15.6 Å². The quantitative estimate of drug-likeness (QED) is 0.473. The van der Waals surface area contributed by atoms with E-state index < -0.39 is 11.7 Å². The molecule has 3 nitrogen and oxygen atoms in total. The Morgan fingerprint density at radius 3 is 2.10 bits per heavy atom. The van der Waals surface area contributed by atoms with Crippen molar-refractivity contribution in [2.75, 3.05) is 0 Å². The Hall–Kier alpha value is -0.280. The minimum atomic E-state index is -0.828. The molecule has 0 aromatic carbocycles. The van der Waals surface area contributed by atoms with Crippen molar-refractivity contribution in [2.24, 2.45) is 5.92 Å². The number of amides is 1. The monoisotopic (exact) mass is 181 g/mol. The normalized spacial score (nSPS) is 16.6. The third-order valence-corrected chi connectivity index (χ3v) is 1.62. The molecule has 56 valence electrons. The fourth-order valence-corrected chi connectivity index (χ4v) is 0.770. The fourth-order valence-electron chi connectivity index (χ4n) is 0.603. The summed E-state index contributed by atoms with van der Waals surface area (Å²) in [6.07, 6.45) is 1.57. The Morgan fingerprint density at radius 1 is 1.30 bits per heavy atom. The molecular formula is C5H5Cl2NO2. The summed E-state index contributed by atoms with van der Waals surface area (Å²) in [7, 11) is 0. The second-order valence-corrected chi connectivity index (χ2v) is 3.03. The highest BCUT2D eigenvalue weighted by atomic mass is 35.5. The van der Waals surface area contributed by atoms with E-state index in [9.17, 15) is 9.59 Å². The molecule has 0 aromatic heterocycles. The number of nitrogens with zero attached hydrogens (tertiary/aromatic N) is 1. The van der Waals surface area contributed by atoms with Gasteiger partial charge in [-0.05, 0) is 12.8 Å². The highest BCUT2D eigenvalue weighted by molar-refractivity contribution is 6.53. The maximum atomic E-state index is 10.8. The molecule has 0 aliphatic heterocycles. The molecule has 0 spiro atoms. The van der Waals surface area contributed by atoms with Crippen LogP contribution in [-0.2, 0) is 9.59 Å². The molecule has 1 fully saturated rings. The highest BCUT2D eigenvalue weighted by Gasteiger charge is 2.36. The van der Waals surface area contributed by atoms with Crippen LogP contribution in [0.15, 0.2) is 0 Å². The van der Waals surface area contributed by atoms with Crippen LogP contribution < -0.4 is 0 Å². The Kier molecular flexibility index (Phi) is 2.16. The Morgan fingerprint density at radius 2 is 1.80 bits per heavy atom. The Labute approximate surface area is 68.1 Å². The number of rotatable bonds is 2. The molecule has 0 atom stereocenters. The maximum absolute atomic E-state index is 10.8. The first-order chi connectivity index (χ1) is 4.63. The van der Waals surface area contributed by atoms with E-state index in [1.54, 1.807) is 0 Å². The van der Waals surface area contributed by atoms with Gasteiger partial charge in [-0.3, -0.25) is 9.59 Å². The summed E-state index contributed by atoms with van der Waals surface area (Å²) in [5.41, 5.74) is 0. The van der Waals surface area contributed by atoms with Crippen LogP contribution in [0.4, 0.5) is 0 Å². The van der Waals surface area contributed by atoms with E-state index in [-0.39, 0.29) is 9.86 Å². The van der Waals surface area contributed by atoms with Gasteiger partial charge in [-0.1, -0.05) is 0 Å². The summed E-state index contributed by atoms with van der Waals surface area (Å²) in [6.45, 7) is 0. The summed E-state index contributed by atoms with van der Waals surface area (Å²) in [6, 6.07) is 0. The minimum Gasteiger partial charge on any atom is -0.288 e. The van der Waals surface area contributed by atoms with Crippen LogP contribution in [0, 0.1) is 5.92 Å². The predicted molar refractivity (Wildman–Crippen MR) is 36.3 cm³/mol. The standard InChI is InChI=1S/C5H5Cl2NO2/c6-8(7)5(10)4(9)3-1-2-3/h3H,1-2H2. The second kappa shape index (κ2) is 2.76. The van der Waals surface area contributed by atoms with Gasteiger partial charge in [-0.2, -0.15) is 3.94 Å². The summed E-state index contributed by atoms with van der Waals surface area (Å²) in [4.78, 5) is 21.4. The minimum absolute atomic E-state index is 0.118. The first-order valence-electron chi connectivity index (χ1n) is 2.83. The molecule has 0 saturated heterocycles. The highest BCUT2D eigenvalue weighted by Crippen LogP contribution is 2.30. The molecule has 10 heavy (non-hydrogen) atoms. The van der Waals surface area contributed by atoms with E-state index in [1.807, 2.05) is 0 Å². The van der Waals surface area contributed by atoms with Gasteiger partial charge >= 0.3 is 5.91 Å². The van der Waals surface area contributed by atoms with Crippen LogP contribution in [0.3, 0.4) is 0 Å². The van der Waals surface area contributed by atoms with E-state index >= 15 is 0 Å². The van der Waals surface area contributed by atoms with Gasteiger partial charge < -0.3 is 0 Å². The van der Waals surface area contributed by atoms with E-state index in [2.05, 4.69) is 0 Å². The molecule has 0 aromatic rings. The predicted octanol–water partition coefficient (Wildman–Crippen LogP) is 1.10. The Bertz CT molecular complexity index is 164. The van der Waals surface area contributed by atoms with Crippen molar-refractivity contribution in [3.8, 4) is 0 Å². The second-order valence-electron chi connectivity index (χ2n) is 2.18. The largest absolute Gasteiger partial charge is 0.319 e. The van der Waals surface area contributed by atoms with Gasteiger partial charge in [-0.25, -0.2) is 0 Å². The van der Waals surface area contributed by atoms with Crippen molar-refractivity contribution in [2.45, 2.75) is 12.8 Å². The van der Waals surface area contributed by atoms with Crippen molar-refractivity contribution >= 4 is 35.2 Å². The molecule has 1 aliphatic carbocycles. The fraction of sp³-hybridized carbons (Fsp3) is 0.600. The number of hydrogen-bond acceptors (Lipinski definition) is 2. The molecule has 5 heteroatoms. The lowest BCUT2D eigenvalue weighted by Crippen LogP contribution is -2.23. The lowest BCUT2D eigenvalue weighted by Gasteiger charge is -1.99.